The van der Waals surface area contributed by atoms with Crippen molar-refractivity contribution in [2.24, 2.45) is 5.73 Å². The van der Waals surface area contributed by atoms with Crippen LogP contribution in [0.4, 0.5) is 5.95 Å². The molecule has 1 aliphatic rings. The van der Waals surface area contributed by atoms with E-state index >= 15 is 0 Å². The molecular formula is C18H27N5O. The van der Waals surface area contributed by atoms with E-state index < -0.39 is 5.91 Å². The fourth-order valence-corrected chi connectivity index (χ4v) is 3.60. The minimum Gasteiger partial charge on any atom is -0.366 e. The molecular weight excluding hydrogens is 302 g/mol. The number of carbonyl (C=O) groups is 1. The molecule has 1 aliphatic heterocycles. The minimum atomic E-state index is -0.419. The molecule has 3 rings (SSSR count). The number of aromatic nitrogens is 2. The van der Waals surface area contributed by atoms with Gasteiger partial charge in [-0.15, -0.1) is 0 Å². The summed E-state index contributed by atoms with van der Waals surface area (Å²) in [5.41, 5.74) is 7.73. The van der Waals surface area contributed by atoms with Gasteiger partial charge in [-0.25, -0.2) is 4.98 Å². The molecule has 0 bridgehead atoms. The maximum absolute atomic E-state index is 11.7. The van der Waals surface area contributed by atoms with E-state index in [9.17, 15) is 4.79 Å². The molecule has 2 aromatic rings. The number of nitrogens with two attached hydrogens (primary N) is 1. The van der Waals surface area contributed by atoms with Crippen LogP contribution in [0.2, 0.25) is 0 Å². The molecule has 0 spiro atoms. The van der Waals surface area contributed by atoms with Gasteiger partial charge in [-0.3, -0.25) is 4.79 Å². The summed E-state index contributed by atoms with van der Waals surface area (Å²) in [5, 5.41) is 0. The van der Waals surface area contributed by atoms with Gasteiger partial charge >= 0.3 is 0 Å². The maximum atomic E-state index is 11.7. The number of carbonyl (C=O) groups excluding carboxylic acids is 1. The summed E-state index contributed by atoms with van der Waals surface area (Å²) in [4.78, 5) is 21.4. The first kappa shape index (κ1) is 16.8. The Balaban J connectivity index is 1.97. The summed E-state index contributed by atoms with van der Waals surface area (Å²) in [6.07, 6.45) is 2.32. The van der Waals surface area contributed by atoms with Crippen LogP contribution in [0.3, 0.4) is 0 Å². The highest BCUT2D eigenvalue weighted by molar-refractivity contribution is 6.04. The number of para-hydroxylation sites is 1. The van der Waals surface area contributed by atoms with Gasteiger partial charge in [0.15, 0.2) is 0 Å². The van der Waals surface area contributed by atoms with Crippen LogP contribution in [-0.4, -0.2) is 53.1 Å². The lowest BCUT2D eigenvalue weighted by molar-refractivity contribution is 0.100. The van der Waals surface area contributed by atoms with E-state index in [0.717, 1.165) is 62.7 Å². The summed E-state index contributed by atoms with van der Waals surface area (Å²) in [5.74, 6) is 0.539. The summed E-state index contributed by atoms with van der Waals surface area (Å²) < 4.78 is 2.19. The van der Waals surface area contributed by atoms with E-state index in [-0.39, 0.29) is 0 Å². The Bertz CT molecular complexity index is 724. The molecule has 0 radical (unpaired) electrons. The number of fused-ring (bicyclic) bond motifs is 1. The molecule has 1 fully saturated rings. The third-order valence-electron chi connectivity index (χ3n) is 4.75. The second kappa shape index (κ2) is 7.21. The van der Waals surface area contributed by atoms with E-state index in [1.807, 2.05) is 12.1 Å². The standard InChI is InChI=1S/C18H27N5O/c1-3-9-21-10-6-11-22(13-12-21)18-20-16-14(17(19)24)7-5-8-15(16)23(18)4-2/h5,7-8H,3-4,6,9-13H2,1-2H3,(H2,19,24). The maximum Gasteiger partial charge on any atom is 0.250 e. The first-order valence-corrected chi connectivity index (χ1v) is 8.92. The van der Waals surface area contributed by atoms with Crippen LogP contribution in [0.1, 0.15) is 37.0 Å². The highest BCUT2D eigenvalue weighted by atomic mass is 16.1. The first-order chi connectivity index (χ1) is 11.7. The molecule has 6 heteroatoms. The van der Waals surface area contributed by atoms with Crippen molar-refractivity contribution in [3.63, 3.8) is 0 Å². The van der Waals surface area contributed by atoms with Gasteiger partial charge in [0.1, 0.15) is 5.52 Å². The quantitative estimate of drug-likeness (QED) is 0.912. The number of hydrogen-bond acceptors (Lipinski definition) is 4. The Kier molecular flexibility index (Phi) is 5.04. The topological polar surface area (TPSA) is 67.4 Å². The van der Waals surface area contributed by atoms with Crippen LogP contribution in [0.15, 0.2) is 18.2 Å². The predicted octanol–water partition coefficient (Wildman–Crippen LogP) is 2.08. The third kappa shape index (κ3) is 3.11. The normalized spacial score (nSPS) is 16.5. The monoisotopic (exact) mass is 329 g/mol. The van der Waals surface area contributed by atoms with Gasteiger partial charge in [0.25, 0.3) is 5.91 Å². The number of aryl methyl sites for hydroxylation is 1. The van der Waals surface area contributed by atoms with Crippen LogP contribution in [0.5, 0.6) is 0 Å². The number of imidazole rings is 1. The first-order valence-electron chi connectivity index (χ1n) is 8.92. The molecule has 1 aromatic heterocycles. The van der Waals surface area contributed by atoms with Gasteiger partial charge in [-0.05, 0) is 45.0 Å². The molecule has 6 nitrogen and oxygen atoms in total. The largest absolute Gasteiger partial charge is 0.366 e. The van der Waals surface area contributed by atoms with Crippen molar-refractivity contribution in [3.05, 3.63) is 23.8 Å². The number of primary amides is 1. The molecule has 1 aromatic carbocycles. The van der Waals surface area contributed by atoms with Crippen LogP contribution < -0.4 is 10.6 Å². The lowest BCUT2D eigenvalue weighted by Crippen LogP contribution is -2.32. The third-order valence-corrected chi connectivity index (χ3v) is 4.75. The lowest BCUT2D eigenvalue weighted by atomic mass is 10.2. The van der Waals surface area contributed by atoms with Crippen LogP contribution >= 0.6 is 0 Å². The van der Waals surface area contributed by atoms with Gasteiger partial charge in [0.05, 0.1) is 11.1 Å². The number of hydrogen-bond donors (Lipinski definition) is 1. The Morgan fingerprint density at radius 1 is 1.21 bits per heavy atom. The molecule has 2 heterocycles. The van der Waals surface area contributed by atoms with Crippen molar-refractivity contribution in [1.29, 1.82) is 0 Å². The smallest absolute Gasteiger partial charge is 0.250 e. The second-order valence-corrected chi connectivity index (χ2v) is 6.38. The van der Waals surface area contributed by atoms with Crippen molar-refractivity contribution in [2.75, 3.05) is 37.6 Å². The number of rotatable bonds is 5. The second-order valence-electron chi connectivity index (χ2n) is 6.38. The van der Waals surface area contributed by atoms with Crippen LogP contribution in [0.25, 0.3) is 11.0 Å². The molecule has 0 unspecified atom stereocenters. The highest BCUT2D eigenvalue weighted by Crippen LogP contribution is 2.26. The van der Waals surface area contributed by atoms with E-state index in [1.165, 1.54) is 6.42 Å². The molecule has 0 atom stereocenters. The lowest BCUT2D eigenvalue weighted by Gasteiger charge is -2.23. The van der Waals surface area contributed by atoms with E-state index in [1.54, 1.807) is 6.07 Å². The predicted molar refractivity (Wildman–Crippen MR) is 97.5 cm³/mol. The Labute approximate surface area is 143 Å². The van der Waals surface area contributed by atoms with Gasteiger partial charge in [-0.2, -0.15) is 0 Å². The number of benzene rings is 1. The summed E-state index contributed by atoms with van der Waals surface area (Å²) in [7, 11) is 0. The van der Waals surface area contributed by atoms with Crippen molar-refractivity contribution >= 4 is 22.9 Å². The fourth-order valence-electron chi connectivity index (χ4n) is 3.60. The zero-order chi connectivity index (χ0) is 17.1. The number of anilines is 1. The average molecular weight is 329 g/mol. The molecule has 1 amide bonds. The van der Waals surface area contributed by atoms with E-state index in [4.69, 9.17) is 10.7 Å². The highest BCUT2D eigenvalue weighted by Gasteiger charge is 2.21. The molecule has 130 valence electrons. The van der Waals surface area contributed by atoms with Gasteiger partial charge in [0.2, 0.25) is 5.95 Å². The zero-order valence-electron chi connectivity index (χ0n) is 14.7. The SMILES string of the molecule is CCCN1CCCN(c2nc3c(C(N)=O)cccc3n2CC)CC1. The van der Waals surface area contributed by atoms with E-state index in [2.05, 4.69) is 28.2 Å². The molecule has 0 saturated carbocycles. The van der Waals surface area contributed by atoms with Gasteiger partial charge in [-0.1, -0.05) is 13.0 Å². The Morgan fingerprint density at radius 3 is 2.75 bits per heavy atom. The molecule has 1 saturated heterocycles. The summed E-state index contributed by atoms with van der Waals surface area (Å²) >= 11 is 0. The summed E-state index contributed by atoms with van der Waals surface area (Å²) in [6, 6.07) is 5.65. The summed E-state index contributed by atoms with van der Waals surface area (Å²) in [6.45, 7) is 10.5. The molecule has 0 aliphatic carbocycles. The van der Waals surface area contributed by atoms with Crippen molar-refractivity contribution < 1.29 is 4.79 Å². The zero-order valence-corrected chi connectivity index (χ0v) is 14.7. The van der Waals surface area contributed by atoms with Gasteiger partial charge in [0, 0.05) is 26.2 Å². The molecule has 2 N–H and O–H groups in total. The Morgan fingerprint density at radius 2 is 2.04 bits per heavy atom. The van der Waals surface area contributed by atoms with Gasteiger partial charge < -0.3 is 20.1 Å². The van der Waals surface area contributed by atoms with Crippen LogP contribution in [0, 0.1) is 0 Å². The fraction of sp³-hybridized carbons (Fsp3) is 0.556. The molecule has 24 heavy (non-hydrogen) atoms. The number of nitrogens with zero attached hydrogens (tertiary/aromatic N) is 4. The minimum absolute atomic E-state index is 0.419. The number of amides is 1. The average Bonchev–Trinajstić information content (AvgIpc) is 2.79. The van der Waals surface area contributed by atoms with Crippen molar-refractivity contribution in [1.82, 2.24) is 14.5 Å². The van der Waals surface area contributed by atoms with Crippen molar-refractivity contribution in [3.8, 4) is 0 Å². The Hall–Kier alpha value is -2.08. The van der Waals surface area contributed by atoms with Crippen molar-refractivity contribution in [2.45, 2.75) is 33.2 Å². The van der Waals surface area contributed by atoms with Crippen LogP contribution in [-0.2, 0) is 6.54 Å². The van der Waals surface area contributed by atoms with E-state index in [0.29, 0.717) is 5.56 Å².